The standard InChI is InChI=1S/C20H23NO4/c1-3-24-19-12-16(13-22)8-9-18(19)25-14-20(23)21-11-10-17-7-5-4-6-15(17)2/h4-9,12-13H,3,10-11,14H2,1-2H3,(H,21,23). The van der Waals surface area contributed by atoms with E-state index in [9.17, 15) is 9.59 Å². The number of rotatable bonds is 9. The van der Waals surface area contributed by atoms with Gasteiger partial charge < -0.3 is 14.8 Å². The highest BCUT2D eigenvalue weighted by Gasteiger charge is 2.09. The van der Waals surface area contributed by atoms with E-state index >= 15 is 0 Å². The Morgan fingerprint density at radius 2 is 1.92 bits per heavy atom. The second kappa shape index (κ2) is 9.47. The number of aryl methyl sites for hydroxylation is 1. The molecular formula is C20H23NO4. The molecule has 0 aliphatic heterocycles. The van der Waals surface area contributed by atoms with E-state index in [2.05, 4.69) is 24.4 Å². The average molecular weight is 341 g/mol. The van der Waals surface area contributed by atoms with Crippen LogP contribution in [-0.2, 0) is 11.2 Å². The Kier molecular flexibility index (Phi) is 7.01. The third-order valence-corrected chi connectivity index (χ3v) is 3.74. The molecule has 0 aliphatic carbocycles. The molecule has 2 aromatic carbocycles. The number of benzene rings is 2. The van der Waals surface area contributed by atoms with E-state index in [1.165, 1.54) is 11.1 Å². The molecule has 0 bridgehead atoms. The molecule has 0 unspecified atom stereocenters. The van der Waals surface area contributed by atoms with Crippen LogP contribution in [0.25, 0.3) is 0 Å². The highest BCUT2D eigenvalue weighted by Crippen LogP contribution is 2.27. The summed E-state index contributed by atoms with van der Waals surface area (Å²) >= 11 is 0. The van der Waals surface area contributed by atoms with Gasteiger partial charge in [-0.2, -0.15) is 0 Å². The summed E-state index contributed by atoms with van der Waals surface area (Å²) in [6.45, 7) is 4.79. The maximum Gasteiger partial charge on any atom is 0.257 e. The average Bonchev–Trinajstić information content (AvgIpc) is 2.62. The smallest absolute Gasteiger partial charge is 0.257 e. The van der Waals surface area contributed by atoms with E-state index in [1.807, 2.05) is 19.1 Å². The fourth-order valence-electron chi connectivity index (χ4n) is 2.41. The molecular weight excluding hydrogens is 318 g/mol. The Labute approximate surface area is 148 Å². The number of hydrogen-bond acceptors (Lipinski definition) is 4. The number of nitrogens with one attached hydrogen (secondary N) is 1. The van der Waals surface area contributed by atoms with Crippen LogP contribution in [0.1, 0.15) is 28.4 Å². The van der Waals surface area contributed by atoms with E-state index in [0.717, 1.165) is 12.7 Å². The monoisotopic (exact) mass is 341 g/mol. The summed E-state index contributed by atoms with van der Waals surface area (Å²) in [7, 11) is 0. The number of carbonyl (C=O) groups excluding carboxylic acids is 2. The van der Waals surface area contributed by atoms with Crippen molar-refractivity contribution in [1.29, 1.82) is 0 Å². The number of aldehydes is 1. The van der Waals surface area contributed by atoms with Crippen molar-refractivity contribution in [2.24, 2.45) is 0 Å². The summed E-state index contributed by atoms with van der Waals surface area (Å²) in [5.74, 6) is 0.705. The minimum atomic E-state index is -0.199. The van der Waals surface area contributed by atoms with E-state index in [1.54, 1.807) is 18.2 Å². The van der Waals surface area contributed by atoms with E-state index in [4.69, 9.17) is 9.47 Å². The van der Waals surface area contributed by atoms with Gasteiger partial charge in [0.1, 0.15) is 6.29 Å². The molecule has 0 atom stereocenters. The summed E-state index contributed by atoms with van der Waals surface area (Å²) < 4.78 is 11.0. The fraction of sp³-hybridized carbons (Fsp3) is 0.300. The molecule has 5 nitrogen and oxygen atoms in total. The number of carbonyl (C=O) groups is 2. The van der Waals surface area contributed by atoms with Crippen LogP contribution in [0.4, 0.5) is 0 Å². The van der Waals surface area contributed by atoms with Crippen LogP contribution in [-0.4, -0.2) is 32.0 Å². The van der Waals surface area contributed by atoms with Gasteiger partial charge in [0.05, 0.1) is 6.61 Å². The molecule has 5 heteroatoms. The lowest BCUT2D eigenvalue weighted by molar-refractivity contribution is -0.123. The first-order chi connectivity index (χ1) is 12.1. The molecule has 2 rings (SSSR count). The molecule has 0 aromatic heterocycles. The second-order valence-electron chi connectivity index (χ2n) is 5.57. The Morgan fingerprint density at radius 1 is 1.12 bits per heavy atom. The Hall–Kier alpha value is -2.82. The summed E-state index contributed by atoms with van der Waals surface area (Å²) in [4.78, 5) is 22.8. The zero-order valence-corrected chi connectivity index (χ0v) is 14.6. The van der Waals surface area contributed by atoms with Crippen LogP contribution >= 0.6 is 0 Å². The normalized spacial score (nSPS) is 10.2. The summed E-state index contributed by atoms with van der Waals surface area (Å²) in [5.41, 5.74) is 2.93. The first-order valence-corrected chi connectivity index (χ1v) is 8.30. The molecule has 1 N–H and O–H groups in total. The zero-order valence-electron chi connectivity index (χ0n) is 14.6. The largest absolute Gasteiger partial charge is 0.490 e. The molecule has 0 fully saturated rings. The fourth-order valence-corrected chi connectivity index (χ4v) is 2.41. The molecule has 1 amide bonds. The van der Waals surface area contributed by atoms with Crippen molar-refractivity contribution < 1.29 is 19.1 Å². The van der Waals surface area contributed by atoms with Crippen LogP contribution in [0, 0.1) is 6.92 Å². The third-order valence-electron chi connectivity index (χ3n) is 3.74. The maximum absolute atomic E-state index is 12.0. The quantitative estimate of drug-likeness (QED) is 0.712. The summed E-state index contributed by atoms with van der Waals surface area (Å²) in [6.07, 6.45) is 1.52. The van der Waals surface area contributed by atoms with Gasteiger partial charge >= 0.3 is 0 Å². The van der Waals surface area contributed by atoms with Crippen molar-refractivity contribution in [1.82, 2.24) is 5.32 Å². The SMILES string of the molecule is CCOc1cc(C=O)ccc1OCC(=O)NCCc1ccccc1C. The third kappa shape index (κ3) is 5.64. The minimum absolute atomic E-state index is 0.103. The van der Waals surface area contributed by atoms with Crippen LogP contribution in [0.5, 0.6) is 11.5 Å². The predicted octanol–water partition coefficient (Wildman–Crippen LogP) is 2.94. The van der Waals surface area contributed by atoms with Gasteiger partial charge in [-0.05, 0) is 49.6 Å². The highest BCUT2D eigenvalue weighted by molar-refractivity contribution is 5.78. The van der Waals surface area contributed by atoms with Crippen molar-refractivity contribution in [3.8, 4) is 11.5 Å². The highest BCUT2D eigenvalue weighted by atomic mass is 16.5. The molecule has 0 saturated heterocycles. The minimum Gasteiger partial charge on any atom is -0.490 e. The van der Waals surface area contributed by atoms with Crippen molar-refractivity contribution in [3.63, 3.8) is 0 Å². The molecule has 2 aromatic rings. The molecule has 0 spiro atoms. The van der Waals surface area contributed by atoms with E-state index in [0.29, 0.717) is 30.2 Å². The van der Waals surface area contributed by atoms with Crippen LogP contribution in [0.15, 0.2) is 42.5 Å². The molecule has 25 heavy (non-hydrogen) atoms. The van der Waals surface area contributed by atoms with Crippen molar-refractivity contribution in [3.05, 3.63) is 59.2 Å². The van der Waals surface area contributed by atoms with Crippen molar-refractivity contribution in [2.45, 2.75) is 20.3 Å². The van der Waals surface area contributed by atoms with Crippen molar-refractivity contribution in [2.75, 3.05) is 19.8 Å². The predicted molar refractivity (Wildman–Crippen MR) is 96.4 cm³/mol. The number of ether oxygens (including phenoxy) is 2. The van der Waals surface area contributed by atoms with Crippen LogP contribution < -0.4 is 14.8 Å². The van der Waals surface area contributed by atoms with Gasteiger partial charge in [0.15, 0.2) is 18.1 Å². The first-order valence-electron chi connectivity index (χ1n) is 8.30. The molecule has 0 heterocycles. The maximum atomic E-state index is 12.0. The van der Waals surface area contributed by atoms with Crippen LogP contribution in [0.2, 0.25) is 0 Å². The van der Waals surface area contributed by atoms with Gasteiger partial charge in [-0.1, -0.05) is 24.3 Å². The lowest BCUT2D eigenvalue weighted by Crippen LogP contribution is -2.30. The number of hydrogen-bond donors (Lipinski definition) is 1. The lowest BCUT2D eigenvalue weighted by atomic mass is 10.1. The van der Waals surface area contributed by atoms with Gasteiger partial charge in [0.25, 0.3) is 5.91 Å². The Bertz CT molecular complexity index is 727. The Morgan fingerprint density at radius 3 is 2.64 bits per heavy atom. The second-order valence-corrected chi connectivity index (χ2v) is 5.57. The van der Waals surface area contributed by atoms with Crippen molar-refractivity contribution >= 4 is 12.2 Å². The number of amides is 1. The van der Waals surface area contributed by atoms with Gasteiger partial charge in [-0.3, -0.25) is 9.59 Å². The molecule has 0 saturated carbocycles. The van der Waals surface area contributed by atoms with Crippen LogP contribution in [0.3, 0.4) is 0 Å². The molecule has 132 valence electrons. The first kappa shape index (κ1) is 18.5. The topological polar surface area (TPSA) is 64.6 Å². The summed E-state index contributed by atoms with van der Waals surface area (Å²) in [6, 6.07) is 13.0. The van der Waals surface area contributed by atoms with Gasteiger partial charge in [0.2, 0.25) is 0 Å². The van der Waals surface area contributed by atoms with E-state index < -0.39 is 0 Å². The molecule has 0 radical (unpaired) electrons. The molecule has 0 aliphatic rings. The zero-order chi connectivity index (χ0) is 18.1. The van der Waals surface area contributed by atoms with Gasteiger partial charge in [-0.25, -0.2) is 0 Å². The summed E-state index contributed by atoms with van der Waals surface area (Å²) in [5, 5.41) is 2.84. The lowest BCUT2D eigenvalue weighted by Gasteiger charge is -2.12. The van der Waals surface area contributed by atoms with E-state index in [-0.39, 0.29) is 12.5 Å². The van der Waals surface area contributed by atoms with Gasteiger partial charge in [-0.15, -0.1) is 0 Å². The van der Waals surface area contributed by atoms with Gasteiger partial charge in [0, 0.05) is 12.1 Å². The Balaban J connectivity index is 1.83.